The summed E-state index contributed by atoms with van der Waals surface area (Å²) in [4.78, 5) is 14.5. The zero-order valence-corrected chi connectivity index (χ0v) is 10.9. The fraction of sp³-hybridized carbons (Fsp3) is 0.429. The highest BCUT2D eigenvalue weighted by molar-refractivity contribution is 5.65. The number of hydrogen-bond donors (Lipinski definition) is 1. The molecule has 0 saturated carbocycles. The quantitative estimate of drug-likeness (QED) is 0.883. The molecule has 1 amide bonds. The first-order valence-electron chi connectivity index (χ1n) is 6.32. The van der Waals surface area contributed by atoms with Gasteiger partial charge in [-0.3, -0.25) is 0 Å². The van der Waals surface area contributed by atoms with Gasteiger partial charge in [0.15, 0.2) is 0 Å². The normalized spacial score (nSPS) is 15.9. The molecule has 1 saturated heterocycles. The topological polar surface area (TPSA) is 67.6 Å². The van der Waals surface area contributed by atoms with E-state index >= 15 is 0 Å². The predicted octanol–water partition coefficient (Wildman–Crippen LogP) is 2.14. The summed E-state index contributed by atoms with van der Waals surface area (Å²) < 4.78 is 0. The van der Waals surface area contributed by atoms with Crippen LogP contribution in [0.15, 0.2) is 24.3 Å². The standard InChI is InChI=1S/C14H17N3O2/c1-16(14(18)19)12-6-8-17(9-7-12)13-4-2-11(10-15)3-5-13/h2-5,12H,6-9H2,1H3,(H,18,19). The molecule has 5 nitrogen and oxygen atoms in total. The lowest BCUT2D eigenvalue weighted by atomic mass is 10.0. The Bertz CT molecular complexity index is 484. The van der Waals surface area contributed by atoms with Crippen molar-refractivity contribution in [3.63, 3.8) is 0 Å². The van der Waals surface area contributed by atoms with Gasteiger partial charge in [0, 0.05) is 31.9 Å². The van der Waals surface area contributed by atoms with Crippen LogP contribution in [0.3, 0.4) is 0 Å². The molecule has 1 N–H and O–H groups in total. The Morgan fingerprint density at radius 3 is 2.42 bits per heavy atom. The van der Waals surface area contributed by atoms with Gasteiger partial charge >= 0.3 is 6.09 Å². The predicted molar refractivity (Wildman–Crippen MR) is 72.2 cm³/mol. The second-order valence-corrected chi connectivity index (χ2v) is 4.77. The first-order chi connectivity index (χ1) is 9.11. The van der Waals surface area contributed by atoms with Gasteiger partial charge in [-0.1, -0.05) is 0 Å². The molecule has 1 aliphatic rings. The van der Waals surface area contributed by atoms with Gasteiger partial charge in [-0.15, -0.1) is 0 Å². The number of benzene rings is 1. The molecule has 1 aromatic rings. The molecule has 0 aromatic heterocycles. The zero-order valence-electron chi connectivity index (χ0n) is 10.9. The molecular formula is C14H17N3O2. The van der Waals surface area contributed by atoms with Crippen LogP contribution in [-0.2, 0) is 0 Å². The second-order valence-electron chi connectivity index (χ2n) is 4.77. The molecule has 5 heteroatoms. The molecular weight excluding hydrogens is 242 g/mol. The maximum atomic E-state index is 10.9. The van der Waals surface area contributed by atoms with E-state index in [0.717, 1.165) is 31.6 Å². The number of piperidine rings is 1. The Morgan fingerprint density at radius 1 is 1.37 bits per heavy atom. The first-order valence-corrected chi connectivity index (χ1v) is 6.32. The number of carbonyl (C=O) groups is 1. The summed E-state index contributed by atoms with van der Waals surface area (Å²) in [5, 5.41) is 17.7. The first kappa shape index (κ1) is 13.2. The molecule has 19 heavy (non-hydrogen) atoms. The lowest BCUT2D eigenvalue weighted by Crippen LogP contribution is -2.45. The van der Waals surface area contributed by atoms with Crippen molar-refractivity contribution in [3.05, 3.63) is 29.8 Å². The monoisotopic (exact) mass is 259 g/mol. The van der Waals surface area contributed by atoms with Crippen molar-refractivity contribution in [2.75, 3.05) is 25.0 Å². The van der Waals surface area contributed by atoms with E-state index < -0.39 is 6.09 Å². The van der Waals surface area contributed by atoms with Gasteiger partial charge in [-0.25, -0.2) is 4.79 Å². The van der Waals surface area contributed by atoms with Gasteiger partial charge in [0.2, 0.25) is 0 Å². The van der Waals surface area contributed by atoms with Crippen LogP contribution < -0.4 is 4.90 Å². The van der Waals surface area contributed by atoms with E-state index in [2.05, 4.69) is 11.0 Å². The van der Waals surface area contributed by atoms with Gasteiger partial charge < -0.3 is 14.9 Å². The molecule has 0 atom stereocenters. The van der Waals surface area contributed by atoms with Gasteiger partial charge in [0.05, 0.1) is 11.6 Å². The van der Waals surface area contributed by atoms with Crippen molar-refractivity contribution in [2.45, 2.75) is 18.9 Å². The number of anilines is 1. The van der Waals surface area contributed by atoms with Crippen LogP contribution in [0, 0.1) is 11.3 Å². The molecule has 1 fully saturated rings. The van der Waals surface area contributed by atoms with E-state index in [1.54, 1.807) is 7.05 Å². The molecule has 100 valence electrons. The molecule has 0 aliphatic carbocycles. The van der Waals surface area contributed by atoms with Crippen molar-refractivity contribution < 1.29 is 9.90 Å². The highest BCUT2D eigenvalue weighted by Crippen LogP contribution is 2.22. The number of nitrogens with zero attached hydrogens (tertiary/aromatic N) is 3. The third-order valence-corrected chi connectivity index (χ3v) is 3.68. The average molecular weight is 259 g/mol. The molecule has 0 bridgehead atoms. The molecule has 0 spiro atoms. The highest BCUT2D eigenvalue weighted by Gasteiger charge is 2.25. The Balaban J connectivity index is 1.96. The second kappa shape index (κ2) is 5.61. The summed E-state index contributed by atoms with van der Waals surface area (Å²) in [6.45, 7) is 1.68. The van der Waals surface area contributed by atoms with Crippen molar-refractivity contribution in [1.82, 2.24) is 4.90 Å². The molecule has 0 unspecified atom stereocenters. The van der Waals surface area contributed by atoms with Crippen LogP contribution in [0.1, 0.15) is 18.4 Å². The van der Waals surface area contributed by atoms with Crippen LogP contribution >= 0.6 is 0 Å². The van der Waals surface area contributed by atoms with E-state index in [-0.39, 0.29) is 6.04 Å². The van der Waals surface area contributed by atoms with E-state index in [4.69, 9.17) is 10.4 Å². The lowest BCUT2D eigenvalue weighted by Gasteiger charge is -2.36. The smallest absolute Gasteiger partial charge is 0.407 e. The Kier molecular flexibility index (Phi) is 3.91. The van der Waals surface area contributed by atoms with Crippen LogP contribution in [0.4, 0.5) is 10.5 Å². The lowest BCUT2D eigenvalue weighted by molar-refractivity contribution is 0.131. The van der Waals surface area contributed by atoms with E-state index in [9.17, 15) is 4.79 Å². The zero-order chi connectivity index (χ0) is 13.8. The Labute approximate surface area is 112 Å². The van der Waals surface area contributed by atoms with Crippen molar-refractivity contribution in [1.29, 1.82) is 5.26 Å². The minimum Gasteiger partial charge on any atom is -0.465 e. The molecule has 1 aliphatic heterocycles. The number of carboxylic acid groups (broad SMARTS) is 1. The highest BCUT2D eigenvalue weighted by atomic mass is 16.4. The summed E-state index contributed by atoms with van der Waals surface area (Å²) in [7, 11) is 1.63. The maximum Gasteiger partial charge on any atom is 0.407 e. The van der Waals surface area contributed by atoms with Crippen molar-refractivity contribution in [3.8, 4) is 6.07 Å². The summed E-state index contributed by atoms with van der Waals surface area (Å²) in [6, 6.07) is 9.71. The largest absolute Gasteiger partial charge is 0.465 e. The van der Waals surface area contributed by atoms with Gasteiger partial charge in [0.1, 0.15) is 0 Å². The van der Waals surface area contributed by atoms with Crippen molar-refractivity contribution >= 4 is 11.8 Å². The maximum absolute atomic E-state index is 10.9. The summed E-state index contributed by atoms with van der Waals surface area (Å²) in [5.41, 5.74) is 1.75. The SMILES string of the molecule is CN(C(=O)O)C1CCN(c2ccc(C#N)cc2)CC1. The summed E-state index contributed by atoms with van der Waals surface area (Å²) in [5.74, 6) is 0. The third-order valence-electron chi connectivity index (χ3n) is 3.68. The molecule has 0 radical (unpaired) electrons. The van der Waals surface area contributed by atoms with E-state index in [1.165, 1.54) is 4.90 Å². The number of hydrogen-bond acceptors (Lipinski definition) is 3. The number of amides is 1. The Hall–Kier alpha value is -2.22. The van der Waals surface area contributed by atoms with Crippen LogP contribution in [-0.4, -0.2) is 42.3 Å². The number of nitriles is 1. The minimum absolute atomic E-state index is 0.104. The average Bonchev–Trinajstić information content (AvgIpc) is 2.46. The molecule has 2 rings (SSSR count). The Morgan fingerprint density at radius 2 is 1.95 bits per heavy atom. The fourth-order valence-electron chi connectivity index (χ4n) is 2.41. The van der Waals surface area contributed by atoms with E-state index in [1.807, 2.05) is 24.3 Å². The third kappa shape index (κ3) is 2.97. The summed E-state index contributed by atoms with van der Waals surface area (Å²) in [6.07, 6.45) is 0.808. The van der Waals surface area contributed by atoms with Crippen molar-refractivity contribution in [2.24, 2.45) is 0 Å². The van der Waals surface area contributed by atoms with Crippen LogP contribution in [0.5, 0.6) is 0 Å². The van der Waals surface area contributed by atoms with Crippen LogP contribution in [0.25, 0.3) is 0 Å². The molecule has 1 aromatic carbocycles. The van der Waals surface area contributed by atoms with Gasteiger partial charge in [0.25, 0.3) is 0 Å². The minimum atomic E-state index is -0.864. The van der Waals surface area contributed by atoms with Gasteiger partial charge in [-0.2, -0.15) is 5.26 Å². The fourth-order valence-corrected chi connectivity index (χ4v) is 2.41. The van der Waals surface area contributed by atoms with E-state index in [0.29, 0.717) is 5.56 Å². The van der Waals surface area contributed by atoms with Gasteiger partial charge in [-0.05, 0) is 37.1 Å². The number of rotatable bonds is 2. The summed E-state index contributed by atoms with van der Waals surface area (Å²) >= 11 is 0. The van der Waals surface area contributed by atoms with Crippen LogP contribution in [0.2, 0.25) is 0 Å². The molecule has 1 heterocycles.